The number of hydrogen-bond donors (Lipinski definition) is 1. The van der Waals surface area contributed by atoms with Crippen LogP contribution in [0, 0.1) is 11.3 Å². The van der Waals surface area contributed by atoms with Crippen molar-refractivity contribution in [1.29, 1.82) is 5.26 Å². The minimum Gasteiger partial charge on any atom is -0.339 e. The van der Waals surface area contributed by atoms with Crippen LogP contribution in [0.15, 0.2) is 53.1 Å². The van der Waals surface area contributed by atoms with Crippen molar-refractivity contribution < 1.29 is 14.1 Å². The van der Waals surface area contributed by atoms with Crippen LogP contribution in [-0.4, -0.2) is 39.9 Å². The third-order valence-electron chi connectivity index (χ3n) is 5.30. The molecule has 156 valence electrons. The van der Waals surface area contributed by atoms with E-state index in [1.165, 1.54) is 6.92 Å². The summed E-state index contributed by atoms with van der Waals surface area (Å²) >= 11 is 0. The number of hydrogen-bond acceptors (Lipinski definition) is 6. The molecule has 8 nitrogen and oxygen atoms in total. The van der Waals surface area contributed by atoms with Gasteiger partial charge in [-0.25, -0.2) is 0 Å². The van der Waals surface area contributed by atoms with E-state index >= 15 is 0 Å². The van der Waals surface area contributed by atoms with Gasteiger partial charge < -0.3 is 14.7 Å². The summed E-state index contributed by atoms with van der Waals surface area (Å²) in [5.41, 5.74) is 2.63. The highest BCUT2D eigenvalue weighted by molar-refractivity contribution is 5.94. The fraction of sp³-hybridized carbons (Fsp3) is 0.261. The fourth-order valence-corrected chi connectivity index (χ4v) is 3.62. The second kappa shape index (κ2) is 8.79. The molecule has 1 N–H and O–H groups in total. The van der Waals surface area contributed by atoms with Gasteiger partial charge in [-0.2, -0.15) is 10.2 Å². The van der Waals surface area contributed by atoms with E-state index in [1.807, 2.05) is 17.0 Å². The Bertz CT molecular complexity index is 1120. The van der Waals surface area contributed by atoms with Gasteiger partial charge in [0.1, 0.15) is 0 Å². The molecule has 4 rings (SSSR count). The Morgan fingerprint density at radius 2 is 1.77 bits per heavy atom. The highest BCUT2D eigenvalue weighted by Crippen LogP contribution is 2.29. The molecule has 3 aromatic rings. The Labute approximate surface area is 179 Å². The first-order valence-electron chi connectivity index (χ1n) is 10.0. The molecular weight excluding hydrogens is 394 g/mol. The third kappa shape index (κ3) is 4.61. The number of nitriles is 1. The van der Waals surface area contributed by atoms with Crippen molar-refractivity contribution in [3.8, 4) is 17.5 Å². The minimum absolute atomic E-state index is 0.0339. The highest BCUT2D eigenvalue weighted by atomic mass is 16.5. The predicted octanol–water partition coefficient (Wildman–Crippen LogP) is 3.59. The van der Waals surface area contributed by atoms with Crippen LogP contribution in [0.25, 0.3) is 11.4 Å². The number of nitrogens with one attached hydrogen (secondary N) is 1. The Morgan fingerprint density at radius 1 is 1.10 bits per heavy atom. The fourth-order valence-electron chi connectivity index (χ4n) is 3.62. The number of carbonyl (C=O) groups is 2. The molecule has 0 unspecified atom stereocenters. The Hall–Kier alpha value is -3.99. The van der Waals surface area contributed by atoms with E-state index in [4.69, 9.17) is 9.78 Å². The Balaban J connectivity index is 1.37. The lowest BCUT2D eigenvalue weighted by atomic mass is 9.96. The van der Waals surface area contributed by atoms with E-state index in [2.05, 4.69) is 21.5 Å². The van der Waals surface area contributed by atoms with Crippen LogP contribution in [0.1, 0.15) is 47.5 Å². The van der Waals surface area contributed by atoms with Crippen molar-refractivity contribution in [2.45, 2.75) is 25.7 Å². The zero-order valence-electron chi connectivity index (χ0n) is 17.0. The molecular formula is C23H21N5O3. The van der Waals surface area contributed by atoms with E-state index in [0.29, 0.717) is 41.6 Å². The van der Waals surface area contributed by atoms with Crippen molar-refractivity contribution in [2.75, 3.05) is 18.4 Å². The molecule has 0 spiro atoms. The van der Waals surface area contributed by atoms with Crippen molar-refractivity contribution in [2.24, 2.45) is 0 Å². The quantitative estimate of drug-likeness (QED) is 0.697. The first-order chi connectivity index (χ1) is 15.0. The lowest BCUT2D eigenvalue weighted by Gasteiger charge is -2.30. The molecule has 0 radical (unpaired) electrons. The zero-order valence-corrected chi connectivity index (χ0v) is 17.0. The molecule has 1 saturated heterocycles. The van der Waals surface area contributed by atoms with E-state index in [-0.39, 0.29) is 17.7 Å². The molecule has 0 aliphatic carbocycles. The molecule has 2 heterocycles. The maximum absolute atomic E-state index is 12.7. The van der Waals surface area contributed by atoms with Gasteiger partial charge in [0, 0.05) is 42.7 Å². The summed E-state index contributed by atoms with van der Waals surface area (Å²) < 4.78 is 5.49. The van der Waals surface area contributed by atoms with Gasteiger partial charge in [-0.3, -0.25) is 9.59 Å². The van der Waals surface area contributed by atoms with E-state index in [0.717, 1.165) is 18.4 Å². The highest BCUT2D eigenvalue weighted by Gasteiger charge is 2.28. The molecule has 0 bridgehead atoms. The van der Waals surface area contributed by atoms with Crippen molar-refractivity contribution >= 4 is 17.5 Å². The van der Waals surface area contributed by atoms with Crippen molar-refractivity contribution in [1.82, 2.24) is 15.0 Å². The molecule has 31 heavy (non-hydrogen) atoms. The van der Waals surface area contributed by atoms with Gasteiger partial charge in [-0.05, 0) is 61.4 Å². The number of rotatable bonds is 4. The molecule has 1 aliphatic heterocycles. The SMILES string of the molecule is CC(=O)Nc1ccc(-c2noc(C3CCN(C(=O)c4ccc(C#N)cc4)CC3)n2)cc1. The first-order valence-corrected chi connectivity index (χ1v) is 10.0. The number of likely N-dealkylation sites (tertiary alicyclic amines) is 1. The summed E-state index contributed by atoms with van der Waals surface area (Å²) in [7, 11) is 0. The maximum Gasteiger partial charge on any atom is 0.253 e. The van der Waals surface area contributed by atoms with E-state index in [9.17, 15) is 9.59 Å². The average molecular weight is 415 g/mol. The van der Waals surface area contributed by atoms with Gasteiger partial charge in [0.15, 0.2) is 0 Å². The number of anilines is 1. The summed E-state index contributed by atoms with van der Waals surface area (Å²) in [5, 5.41) is 15.7. The number of benzene rings is 2. The van der Waals surface area contributed by atoms with Crippen LogP contribution in [0.5, 0.6) is 0 Å². The molecule has 2 aromatic carbocycles. The van der Waals surface area contributed by atoms with Crippen LogP contribution >= 0.6 is 0 Å². The second-order valence-electron chi connectivity index (χ2n) is 7.47. The molecule has 2 amide bonds. The maximum atomic E-state index is 12.7. The molecule has 0 saturated carbocycles. The number of amides is 2. The van der Waals surface area contributed by atoms with Gasteiger partial charge in [0.25, 0.3) is 5.91 Å². The summed E-state index contributed by atoms with van der Waals surface area (Å²) in [4.78, 5) is 30.2. The minimum atomic E-state index is -0.126. The number of piperidine rings is 1. The summed E-state index contributed by atoms with van der Waals surface area (Å²) in [5.74, 6) is 1.02. The lowest BCUT2D eigenvalue weighted by molar-refractivity contribution is -0.114. The number of nitrogens with zero attached hydrogens (tertiary/aromatic N) is 4. The van der Waals surface area contributed by atoms with Gasteiger partial charge >= 0.3 is 0 Å². The Morgan fingerprint density at radius 3 is 2.39 bits per heavy atom. The van der Waals surface area contributed by atoms with E-state index in [1.54, 1.807) is 36.4 Å². The van der Waals surface area contributed by atoms with Crippen LogP contribution in [-0.2, 0) is 4.79 Å². The van der Waals surface area contributed by atoms with Crippen LogP contribution in [0.2, 0.25) is 0 Å². The van der Waals surface area contributed by atoms with Crippen molar-refractivity contribution in [3.63, 3.8) is 0 Å². The van der Waals surface area contributed by atoms with Crippen molar-refractivity contribution in [3.05, 3.63) is 65.5 Å². The van der Waals surface area contributed by atoms with Gasteiger partial charge in [-0.15, -0.1) is 0 Å². The normalized spacial score (nSPS) is 14.1. The van der Waals surface area contributed by atoms with E-state index < -0.39 is 0 Å². The molecule has 1 aliphatic rings. The monoisotopic (exact) mass is 415 g/mol. The number of aromatic nitrogens is 2. The third-order valence-corrected chi connectivity index (χ3v) is 5.30. The zero-order chi connectivity index (χ0) is 21.8. The van der Waals surface area contributed by atoms with Crippen LogP contribution in [0.3, 0.4) is 0 Å². The standard InChI is InChI=1S/C23H21N5O3/c1-15(29)25-20-8-6-17(7-9-20)21-26-22(31-27-21)18-10-12-28(13-11-18)23(30)19-4-2-16(14-24)3-5-19/h2-9,18H,10-13H2,1H3,(H,25,29). The summed E-state index contributed by atoms with van der Waals surface area (Å²) in [6.45, 7) is 2.67. The molecule has 1 aromatic heterocycles. The van der Waals surface area contributed by atoms with Crippen LogP contribution < -0.4 is 5.32 Å². The van der Waals surface area contributed by atoms with Gasteiger partial charge in [-0.1, -0.05) is 5.16 Å². The lowest BCUT2D eigenvalue weighted by Crippen LogP contribution is -2.38. The molecule has 1 fully saturated rings. The molecule has 8 heteroatoms. The van der Waals surface area contributed by atoms with Gasteiger partial charge in [0.05, 0.1) is 11.6 Å². The first kappa shape index (κ1) is 20.3. The van der Waals surface area contributed by atoms with Crippen LogP contribution in [0.4, 0.5) is 5.69 Å². The Kier molecular flexibility index (Phi) is 5.76. The molecule has 0 atom stereocenters. The predicted molar refractivity (Wildman–Crippen MR) is 113 cm³/mol. The van der Waals surface area contributed by atoms with Gasteiger partial charge in [0.2, 0.25) is 17.6 Å². The topological polar surface area (TPSA) is 112 Å². The number of carbonyl (C=O) groups excluding carboxylic acids is 2. The smallest absolute Gasteiger partial charge is 0.253 e. The summed E-state index contributed by atoms with van der Waals surface area (Å²) in [6.07, 6.45) is 1.48. The largest absolute Gasteiger partial charge is 0.339 e. The second-order valence-corrected chi connectivity index (χ2v) is 7.47. The summed E-state index contributed by atoms with van der Waals surface area (Å²) in [6, 6.07) is 16.0. The average Bonchev–Trinajstić information content (AvgIpc) is 3.29.